The third-order valence-electron chi connectivity index (χ3n) is 3.15. The van der Waals surface area contributed by atoms with Gasteiger partial charge in [-0.15, -0.1) is 0 Å². The van der Waals surface area contributed by atoms with Gasteiger partial charge in [-0.1, -0.05) is 0 Å². The molecule has 0 amide bonds. The van der Waals surface area contributed by atoms with Crippen LogP contribution in [0.1, 0.15) is 19.3 Å². The van der Waals surface area contributed by atoms with Crippen LogP contribution >= 0.6 is 0 Å². The maximum Gasteiger partial charge on any atom is 0.305 e. The van der Waals surface area contributed by atoms with Crippen LogP contribution in [0, 0.1) is 0 Å². The van der Waals surface area contributed by atoms with Gasteiger partial charge in [-0.25, -0.2) is 0 Å². The molecule has 0 atom stereocenters. The minimum atomic E-state index is -0.726. The topological polar surface area (TPSA) is 70.6 Å². The van der Waals surface area contributed by atoms with Gasteiger partial charge in [0, 0.05) is 32.3 Å². The first-order chi connectivity index (χ1) is 7.20. The molecule has 0 aliphatic carbocycles. The number of carbonyl (C=O) groups is 1. The van der Waals surface area contributed by atoms with Crippen LogP contribution in [0.4, 0.5) is 0 Å². The summed E-state index contributed by atoms with van der Waals surface area (Å²) >= 11 is 0. The van der Waals surface area contributed by atoms with E-state index in [9.17, 15) is 4.79 Å². The molecule has 0 spiro atoms. The molecule has 5 heteroatoms. The number of carboxylic acid groups (broad SMARTS) is 1. The molecule has 2 aliphatic rings. The summed E-state index contributed by atoms with van der Waals surface area (Å²) in [5, 5.41) is 15.5. The standard InChI is InChI=1S/C10H18N2O3/c13-9(14)5-10(6-11-7-10)12-8-1-3-15-4-2-8/h8,11-12H,1-7H2,(H,13,14). The van der Waals surface area contributed by atoms with Crippen LogP contribution in [0.2, 0.25) is 0 Å². The van der Waals surface area contributed by atoms with Crippen LogP contribution < -0.4 is 10.6 Å². The maximum atomic E-state index is 10.8. The summed E-state index contributed by atoms with van der Waals surface area (Å²) in [6, 6.07) is 0.417. The van der Waals surface area contributed by atoms with Crippen LogP contribution in [0.5, 0.6) is 0 Å². The molecule has 0 aromatic rings. The van der Waals surface area contributed by atoms with Gasteiger partial charge in [0.2, 0.25) is 0 Å². The Hall–Kier alpha value is -0.650. The van der Waals surface area contributed by atoms with Crippen molar-refractivity contribution in [3.8, 4) is 0 Å². The second kappa shape index (κ2) is 4.47. The average Bonchev–Trinajstić information content (AvgIpc) is 2.15. The molecule has 0 saturated carbocycles. The lowest BCUT2D eigenvalue weighted by Crippen LogP contribution is -2.70. The number of carboxylic acids is 1. The van der Waals surface area contributed by atoms with Crippen molar-refractivity contribution < 1.29 is 14.6 Å². The Morgan fingerprint density at radius 1 is 1.47 bits per heavy atom. The van der Waals surface area contributed by atoms with Gasteiger partial charge in [-0.2, -0.15) is 0 Å². The van der Waals surface area contributed by atoms with Crippen molar-refractivity contribution in [3.63, 3.8) is 0 Å². The molecule has 0 bridgehead atoms. The van der Waals surface area contributed by atoms with E-state index in [4.69, 9.17) is 9.84 Å². The molecule has 0 unspecified atom stereocenters. The number of ether oxygens (including phenoxy) is 1. The molecular weight excluding hydrogens is 196 g/mol. The highest BCUT2D eigenvalue weighted by atomic mass is 16.5. The highest BCUT2D eigenvalue weighted by Gasteiger charge is 2.40. The van der Waals surface area contributed by atoms with Crippen molar-refractivity contribution in [2.75, 3.05) is 26.3 Å². The van der Waals surface area contributed by atoms with E-state index in [0.29, 0.717) is 6.04 Å². The first-order valence-electron chi connectivity index (χ1n) is 5.48. The summed E-state index contributed by atoms with van der Waals surface area (Å²) in [7, 11) is 0. The Bertz CT molecular complexity index is 235. The van der Waals surface area contributed by atoms with Gasteiger partial charge in [0.05, 0.1) is 12.0 Å². The summed E-state index contributed by atoms with van der Waals surface area (Å²) < 4.78 is 5.28. The first kappa shape index (κ1) is 10.9. The summed E-state index contributed by atoms with van der Waals surface area (Å²) in [5.74, 6) is -0.726. The lowest BCUT2D eigenvalue weighted by atomic mass is 9.86. The summed E-state index contributed by atoms with van der Waals surface area (Å²) in [5.41, 5.74) is -0.214. The number of hydrogen-bond acceptors (Lipinski definition) is 4. The van der Waals surface area contributed by atoms with Crippen LogP contribution in [-0.4, -0.2) is 49.0 Å². The molecule has 86 valence electrons. The molecule has 5 nitrogen and oxygen atoms in total. The van der Waals surface area contributed by atoms with E-state index in [1.165, 1.54) is 0 Å². The molecule has 2 aliphatic heterocycles. The van der Waals surface area contributed by atoms with E-state index >= 15 is 0 Å². The van der Waals surface area contributed by atoms with Crippen LogP contribution in [-0.2, 0) is 9.53 Å². The molecule has 0 aromatic carbocycles. The zero-order valence-corrected chi connectivity index (χ0v) is 8.79. The van der Waals surface area contributed by atoms with Crippen molar-refractivity contribution in [1.29, 1.82) is 0 Å². The monoisotopic (exact) mass is 214 g/mol. The Kier molecular flexibility index (Phi) is 3.23. The van der Waals surface area contributed by atoms with E-state index in [1.54, 1.807) is 0 Å². The van der Waals surface area contributed by atoms with Crippen molar-refractivity contribution >= 4 is 5.97 Å². The van der Waals surface area contributed by atoms with Crippen molar-refractivity contribution in [1.82, 2.24) is 10.6 Å². The molecule has 15 heavy (non-hydrogen) atoms. The van der Waals surface area contributed by atoms with Gasteiger partial charge in [-0.3, -0.25) is 4.79 Å². The van der Waals surface area contributed by atoms with Crippen molar-refractivity contribution in [2.24, 2.45) is 0 Å². The highest BCUT2D eigenvalue weighted by Crippen LogP contribution is 2.19. The average molecular weight is 214 g/mol. The molecule has 2 rings (SSSR count). The predicted molar refractivity (Wildman–Crippen MR) is 54.8 cm³/mol. The summed E-state index contributed by atoms with van der Waals surface area (Å²) in [6.07, 6.45) is 2.18. The lowest BCUT2D eigenvalue weighted by molar-refractivity contribution is -0.139. The molecule has 0 radical (unpaired) electrons. The maximum absolute atomic E-state index is 10.8. The molecule has 2 heterocycles. The van der Waals surface area contributed by atoms with Crippen LogP contribution in [0.3, 0.4) is 0 Å². The third kappa shape index (κ3) is 2.68. The predicted octanol–water partition coefficient (Wildman–Crippen LogP) is -0.428. The van der Waals surface area contributed by atoms with Crippen molar-refractivity contribution in [3.05, 3.63) is 0 Å². The van der Waals surface area contributed by atoms with Gasteiger partial charge in [-0.05, 0) is 12.8 Å². The zero-order chi connectivity index (χ0) is 10.7. The van der Waals surface area contributed by atoms with Gasteiger partial charge in [0.25, 0.3) is 0 Å². The number of nitrogens with one attached hydrogen (secondary N) is 2. The molecular formula is C10H18N2O3. The smallest absolute Gasteiger partial charge is 0.305 e. The minimum absolute atomic E-state index is 0.206. The fraction of sp³-hybridized carbons (Fsp3) is 0.900. The van der Waals surface area contributed by atoms with Gasteiger partial charge in [0.1, 0.15) is 0 Å². The van der Waals surface area contributed by atoms with E-state index in [2.05, 4.69) is 10.6 Å². The molecule has 2 saturated heterocycles. The largest absolute Gasteiger partial charge is 0.481 e. The van der Waals surface area contributed by atoms with Crippen molar-refractivity contribution in [2.45, 2.75) is 30.8 Å². The lowest BCUT2D eigenvalue weighted by Gasteiger charge is -2.45. The molecule has 0 aromatic heterocycles. The Morgan fingerprint density at radius 3 is 2.60 bits per heavy atom. The van der Waals surface area contributed by atoms with Crippen LogP contribution in [0.15, 0.2) is 0 Å². The Morgan fingerprint density at radius 2 is 2.13 bits per heavy atom. The molecule has 3 N–H and O–H groups in total. The fourth-order valence-corrected chi connectivity index (χ4v) is 2.27. The van der Waals surface area contributed by atoms with E-state index < -0.39 is 5.97 Å². The summed E-state index contributed by atoms with van der Waals surface area (Å²) in [4.78, 5) is 10.8. The quantitative estimate of drug-likeness (QED) is 0.592. The van der Waals surface area contributed by atoms with Gasteiger partial charge >= 0.3 is 5.97 Å². The molecule has 2 fully saturated rings. The fourth-order valence-electron chi connectivity index (χ4n) is 2.27. The van der Waals surface area contributed by atoms with E-state index in [0.717, 1.165) is 39.1 Å². The summed E-state index contributed by atoms with van der Waals surface area (Å²) in [6.45, 7) is 3.09. The van der Waals surface area contributed by atoms with Crippen LogP contribution in [0.25, 0.3) is 0 Å². The zero-order valence-electron chi connectivity index (χ0n) is 8.79. The Labute approximate surface area is 89.2 Å². The minimum Gasteiger partial charge on any atom is -0.481 e. The highest BCUT2D eigenvalue weighted by molar-refractivity contribution is 5.68. The normalized spacial score (nSPS) is 25.9. The van der Waals surface area contributed by atoms with Gasteiger partial charge < -0.3 is 20.5 Å². The number of aliphatic carboxylic acids is 1. The Balaban J connectivity index is 1.86. The second-order valence-corrected chi connectivity index (χ2v) is 4.49. The van der Waals surface area contributed by atoms with Gasteiger partial charge in [0.15, 0.2) is 0 Å². The van der Waals surface area contributed by atoms with E-state index in [1.807, 2.05) is 0 Å². The first-order valence-corrected chi connectivity index (χ1v) is 5.48. The number of rotatable bonds is 4. The number of hydrogen-bond donors (Lipinski definition) is 3. The second-order valence-electron chi connectivity index (χ2n) is 4.49. The third-order valence-corrected chi connectivity index (χ3v) is 3.15. The SMILES string of the molecule is O=C(O)CC1(NC2CCOCC2)CNC1. The van der Waals surface area contributed by atoms with E-state index in [-0.39, 0.29) is 12.0 Å².